The minimum absolute atomic E-state index is 0.248. The van der Waals surface area contributed by atoms with E-state index >= 15 is 0 Å². The van der Waals surface area contributed by atoms with Crippen LogP contribution in [0.2, 0.25) is 0 Å². The second kappa shape index (κ2) is 10.1. The van der Waals surface area contributed by atoms with E-state index in [1.165, 1.54) is 0 Å². The summed E-state index contributed by atoms with van der Waals surface area (Å²) in [6.45, 7) is 12.0. The number of rotatable bonds is 6. The molecule has 3 aliphatic rings. The summed E-state index contributed by atoms with van der Waals surface area (Å²) in [6, 6.07) is 5.26. The fourth-order valence-electron chi connectivity index (χ4n) is 4.85. The Labute approximate surface area is 175 Å². The summed E-state index contributed by atoms with van der Waals surface area (Å²) in [7, 11) is 0. The molecule has 7 nitrogen and oxygen atoms in total. The number of nitrogens with zero attached hydrogens (tertiary/aromatic N) is 6. The van der Waals surface area contributed by atoms with Gasteiger partial charge in [-0.05, 0) is 39.7 Å². The molecule has 3 fully saturated rings. The Balaban J connectivity index is 1.60. The van der Waals surface area contributed by atoms with Crippen molar-refractivity contribution in [3.05, 3.63) is 11.4 Å². The molecule has 0 bridgehead atoms. The van der Waals surface area contributed by atoms with E-state index in [1.807, 2.05) is 0 Å². The highest BCUT2D eigenvalue weighted by molar-refractivity contribution is 5.79. The number of carbonyl (C=O) groups is 1. The summed E-state index contributed by atoms with van der Waals surface area (Å²) >= 11 is 0. The first-order chi connectivity index (χ1) is 14.0. The van der Waals surface area contributed by atoms with Gasteiger partial charge in [0, 0.05) is 70.7 Å². The average Bonchev–Trinajstić information content (AvgIpc) is 3.14. The van der Waals surface area contributed by atoms with Crippen LogP contribution in [0.3, 0.4) is 0 Å². The van der Waals surface area contributed by atoms with Crippen LogP contribution in [0.1, 0.15) is 46.0 Å². The lowest BCUT2D eigenvalue weighted by Crippen LogP contribution is -2.46. The third-order valence-electron chi connectivity index (χ3n) is 6.62. The predicted octanol–water partition coefficient (Wildman–Crippen LogP) is 1.79. The Morgan fingerprint density at radius 1 is 1.00 bits per heavy atom. The molecule has 0 amide bonds. The monoisotopic (exact) mass is 398 g/mol. The molecule has 158 valence electrons. The van der Waals surface area contributed by atoms with E-state index in [0.717, 1.165) is 77.4 Å². The van der Waals surface area contributed by atoms with Gasteiger partial charge in [0.15, 0.2) is 5.57 Å². The maximum Gasteiger partial charge on any atom is 0.169 e. The van der Waals surface area contributed by atoms with Crippen LogP contribution in [0.5, 0.6) is 0 Å². The number of hydrogen-bond acceptors (Lipinski definition) is 7. The zero-order valence-electron chi connectivity index (χ0n) is 17.9. The third-order valence-corrected chi connectivity index (χ3v) is 6.62. The largest absolute Gasteiger partial charge is 0.355 e. The minimum atomic E-state index is 0.248. The van der Waals surface area contributed by atoms with Crippen molar-refractivity contribution in [1.82, 2.24) is 19.6 Å². The number of likely N-dealkylation sites (tertiary alicyclic amines) is 2. The van der Waals surface area contributed by atoms with Crippen LogP contribution in [0, 0.1) is 22.7 Å². The Morgan fingerprint density at radius 2 is 1.66 bits per heavy atom. The number of Topliss-reactive ketones (excluding diaryl/α,β-unsaturated/α-hetero) is 1. The maximum absolute atomic E-state index is 11.4. The smallest absolute Gasteiger partial charge is 0.169 e. The average molecular weight is 399 g/mol. The Morgan fingerprint density at radius 3 is 2.24 bits per heavy atom. The molecule has 0 aromatic carbocycles. The van der Waals surface area contributed by atoms with Gasteiger partial charge >= 0.3 is 0 Å². The second-order valence-electron chi connectivity index (χ2n) is 8.70. The quantitative estimate of drug-likeness (QED) is 0.631. The summed E-state index contributed by atoms with van der Waals surface area (Å²) in [5.74, 6) is 1.23. The molecule has 0 radical (unpaired) electrons. The summed E-state index contributed by atoms with van der Waals surface area (Å²) in [4.78, 5) is 20.8. The van der Waals surface area contributed by atoms with Crippen LogP contribution < -0.4 is 0 Å². The third kappa shape index (κ3) is 5.29. The number of allylic oxidation sites excluding steroid dienone is 1. The van der Waals surface area contributed by atoms with E-state index in [1.54, 1.807) is 0 Å². The summed E-state index contributed by atoms with van der Waals surface area (Å²) < 4.78 is 0. The van der Waals surface area contributed by atoms with Crippen molar-refractivity contribution >= 4 is 5.78 Å². The molecule has 3 heterocycles. The first-order valence-corrected chi connectivity index (χ1v) is 11.1. The van der Waals surface area contributed by atoms with Crippen LogP contribution in [-0.2, 0) is 4.79 Å². The van der Waals surface area contributed by atoms with Crippen molar-refractivity contribution in [2.45, 2.75) is 58.0 Å². The number of nitriles is 2. The number of hydrogen-bond donors (Lipinski definition) is 0. The molecule has 0 unspecified atom stereocenters. The molecule has 0 N–H and O–H groups in total. The molecule has 0 saturated carbocycles. The van der Waals surface area contributed by atoms with Crippen molar-refractivity contribution in [2.75, 3.05) is 52.4 Å². The molecule has 0 aromatic heterocycles. The van der Waals surface area contributed by atoms with Crippen molar-refractivity contribution in [1.29, 1.82) is 10.5 Å². The van der Waals surface area contributed by atoms with Crippen LogP contribution in [0.25, 0.3) is 0 Å². The number of ketones is 1. The predicted molar refractivity (Wildman–Crippen MR) is 112 cm³/mol. The van der Waals surface area contributed by atoms with E-state index in [4.69, 9.17) is 0 Å². The van der Waals surface area contributed by atoms with Gasteiger partial charge in [-0.3, -0.25) is 4.79 Å². The van der Waals surface area contributed by atoms with Gasteiger partial charge in [-0.15, -0.1) is 0 Å². The van der Waals surface area contributed by atoms with Crippen molar-refractivity contribution < 1.29 is 4.79 Å². The van der Waals surface area contributed by atoms with Gasteiger partial charge in [0.25, 0.3) is 0 Å². The van der Waals surface area contributed by atoms with E-state index < -0.39 is 0 Å². The highest BCUT2D eigenvalue weighted by Gasteiger charge is 2.35. The van der Waals surface area contributed by atoms with E-state index in [0.29, 0.717) is 30.7 Å². The van der Waals surface area contributed by atoms with Gasteiger partial charge < -0.3 is 19.6 Å². The SMILES string of the molecule is CC(C)N1CCC(N2CCN(CCCN3CCC(=O)CC3)C2=C(C#N)C#N)CC1. The normalized spacial score (nSPS) is 22.2. The molecule has 0 aromatic rings. The number of piperidine rings is 2. The fraction of sp³-hybridized carbons (Fsp3) is 0.773. The lowest BCUT2D eigenvalue weighted by molar-refractivity contribution is -0.121. The first-order valence-electron chi connectivity index (χ1n) is 11.1. The lowest BCUT2D eigenvalue weighted by atomic mass is 10.0. The van der Waals surface area contributed by atoms with Gasteiger partial charge in [-0.25, -0.2) is 0 Å². The molecule has 7 heteroatoms. The minimum Gasteiger partial charge on any atom is -0.355 e. The molecule has 0 atom stereocenters. The van der Waals surface area contributed by atoms with Crippen molar-refractivity contribution in [3.63, 3.8) is 0 Å². The highest BCUT2D eigenvalue weighted by atomic mass is 16.1. The lowest BCUT2D eigenvalue weighted by Gasteiger charge is -2.40. The van der Waals surface area contributed by atoms with Crippen LogP contribution in [0.15, 0.2) is 11.4 Å². The molecule has 0 aliphatic carbocycles. The van der Waals surface area contributed by atoms with Gasteiger partial charge in [-0.1, -0.05) is 0 Å². The molecule has 0 spiro atoms. The summed E-state index contributed by atoms with van der Waals surface area (Å²) in [5, 5.41) is 19.1. The van der Waals surface area contributed by atoms with E-state index in [2.05, 4.69) is 45.6 Å². The Hall–Kier alpha value is -2.09. The maximum atomic E-state index is 11.4. The van der Waals surface area contributed by atoms with Gasteiger partial charge in [0.2, 0.25) is 0 Å². The summed E-state index contributed by atoms with van der Waals surface area (Å²) in [6.07, 6.45) is 4.50. The second-order valence-corrected chi connectivity index (χ2v) is 8.70. The molecule has 3 rings (SSSR count). The zero-order chi connectivity index (χ0) is 20.8. The fourth-order valence-corrected chi connectivity index (χ4v) is 4.85. The van der Waals surface area contributed by atoms with Gasteiger partial charge in [-0.2, -0.15) is 10.5 Å². The van der Waals surface area contributed by atoms with Crippen LogP contribution in [0.4, 0.5) is 0 Å². The van der Waals surface area contributed by atoms with Crippen LogP contribution >= 0.6 is 0 Å². The summed E-state index contributed by atoms with van der Waals surface area (Å²) in [5.41, 5.74) is 0.248. The Kier molecular flexibility index (Phi) is 7.52. The first kappa shape index (κ1) is 21.6. The Bertz CT molecular complexity index is 669. The molecular weight excluding hydrogens is 364 g/mol. The van der Waals surface area contributed by atoms with Crippen LogP contribution in [-0.4, -0.2) is 89.8 Å². The standard InChI is InChI=1S/C22H34N6O/c1-18(2)26-12-4-20(5-13-26)28-15-14-27(22(28)19(16-23)17-24)9-3-8-25-10-6-21(29)7-11-25/h18,20H,3-15H2,1-2H3. The van der Waals surface area contributed by atoms with Crippen molar-refractivity contribution in [3.8, 4) is 12.1 Å². The van der Waals surface area contributed by atoms with E-state index in [9.17, 15) is 15.3 Å². The van der Waals surface area contributed by atoms with Crippen molar-refractivity contribution in [2.24, 2.45) is 0 Å². The molecule has 3 aliphatic heterocycles. The molecule has 29 heavy (non-hydrogen) atoms. The highest BCUT2D eigenvalue weighted by Crippen LogP contribution is 2.29. The van der Waals surface area contributed by atoms with Gasteiger partial charge in [0.05, 0.1) is 0 Å². The van der Waals surface area contributed by atoms with E-state index in [-0.39, 0.29) is 5.57 Å². The van der Waals surface area contributed by atoms with Gasteiger partial charge in [0.1, 0.15) is 23.7 Å². The molecular formula is C22H34N6O. The zero-order valence-corrected chi connectivity index (χ0v) is 17.9. The topological polar surface area (TPSA) is 77.6 Å². The number of carbonyl (C=O) groups excluding carboxylic acids is 1. The molecule has 3 saturated heterocycles.